The predicted molar refractivity (Wildman–Crippen MR) is 159 cm³/mol. The Balaban J connectivity index is 1.30. The molecule has 0 atom stereocenters. The van der Waals surface area contributed by atoms with Gasteiger partial charge in [0.05, 0.1) is 38.9 Å². The lowest BCUT2D eigenvalue weighted by Gasteiger charge is -2.25. The number of anilines is 1. The Morgan fingerprint density at radius 2 is 1.76 bits per heavy atom. The molecule has 0 saturated carbocycles. The number of amides is 1. The number of nitrogens with zero attached hydrogens (tertiary/aromatic N) is 4. The third kappa shape index (κ3) is 7.20. The zero-order chi connectivity index (χ0) is 28.6. The molecule has 1 amide bonds. The first kappa shape index (κ1) is 28.5. The van der Waals surface area contributed by atoms with Gasteiger partial charge >= 0.3 is 0 Å². The Hall–Kier alpha value is -4.02. The number of aromatic nitrogens is 2. The average Bonchev–Trinajstić information content (AvgIpc) is 3.52. The molecular formula is C31H34N4O5S. The van der Waals surface area contributed by atoms with Gasteiger partial charge in [-0.25, -0.2) is 9.97 Å². The molecule has 0 radical (unpaired) electrons. The smallest absolute Gasteiger partial charge is 0.289 e. The van der Waals surface area contributed by atoms with Crippen LogP contribution in [0.3, 0.4) is 0 Å². The van der Waals surface area contributed by atoms with Gasteiger partial charge in [0.1, 0.15) is 11.6 Å². The monoisotopic (exact) mass is 574 g/mol. The number of carbonyl (C=O) groups is 1. The van der Waals surface area contributed by atoms with Crippen LogP contribution in [0.5, 0.6) is 11.5 Å². The molecule has 1 aliphatic rings. The lowest BCUT2D eigenvalue weighted by atomic mass is 10.1. The third-order valence-electron chi connectivity index (χ3n) is 6.85. The zero-order valence-corrected chi connectivity index (χ0v) is 24.4. The minimum atomic E-state index is -0.106. The van der Waals surface area contributed by atoms with Gasteiger partial charge in [-0.2, -0.15) is 0 Å². The molecule has 0 spiro atoms. The number of thioether (sulfide) groups is 1. The summed E-state index contributed by atoms with van der Waals surface area (Å²) in [5.74, 6) is 3.69. The summed E-state index contributed by atoms with van der Waals surface area (Å²) in [6.07, 6.45) is 0.802. The maximum atomic E-state index is 12.8. The van der Waals surface area contributed by atoms with Crippen LogP contribution >= 0.6 is 11.8 Å². The van der Waals surface area contributed by atoms with Crippen molar-refractivity contribution in [3.63, 3.8) is 0 Å². The Labute approximate surface area is 244 Å². The lowest BCUT2D eigenvalue weighted by Crippen LogP contribution is -2.40. The molecule has 214 valence electrons. The molecule has 3 heterocycles. The summed E-state index contributed by atoms with van der Waals surface area (Å²) in [6.45, 7) is 3.00. The molecule has 9 nitrogen and oxygen atoms in total. The fourth-order valence-corrected chi connectivity index (χ4v) is 5.25. The second kappa shape index (κ2) is 13.6. The summed E-state index contributed by atoms with van der Waals surface area (Å²) in [7, 11) is 5.31. The summed E-state index contributed by atoms with van der Waals surface area (Å²) >= 11 is 1.48. The molecule has 10 heteroatoms. The average molecular weight is 575 g/mol. The molecule has 0 N–H and O–H groups in total. The van der Waals surface area contributed by atoms with Crippen LogP contribution < -0.4 is 14.4 Å². The molecule has 0 aliphatic carbocycles. The van der Waals surface area contributed by atoms with Crippen LogP contribution in [-0.4, -0.2) is 74.9 Å². The molecule has 0 unspecified atom stereocenters. The van der Waals surface area contributed by atoms with E-state index in [1.165, 1.54) is 11.8 Å². The van der Waals surface area contributed by atoms with Gasteiger partial charge in [-0.05, 0) is 36.2 Å². The summed E-state index contributed by atoms with van der Waals surface area (Å²) < 4.78 is 22.1. The number of benzene rings is 2. The van der Waals surface area contributed by atoms with Gasteiger partial charge in [-0.15, -0.1) is 0 Å². The number of ether oxygens (including phenoxy) is 3. The molecule has 0 bridgehead atoms. The van der Waals surface area contributed by atoms with Crippen molar-refractivity contribution in [2.24, 2.45) is 0 Å². The van der Waals surface area contributed by atoms with Crippen molar-refractivity contribution >= 4 is 23.5 Å². The number of furan rings is 1. The third-order valence-corrected chi connectivity index (χ3v) is 7.72. The maximum absolute atomic E-state index is 12.8. The standard InChI is InChI=1S/C31H34N4O5S/c1-34(14-13-22-9-11-26(37-2)28(19-22)38-3)29-20-25(23-7-5-4-6-8-23)32-31(33-29)41-21-24-10-12-27(40-24)30(36)35-15-17-39-18-16-35/h4-12,19-20H,13-18,21H2,1-3H3. The van der Waals surface area contributed by atoms with Gasteiger partial charge < -0.3 is 28.4 Å². The van der Waals surface area contributed by atoms with E-state index in [2.05, 4.69) is 4.90 Å². The minimum Gasteiger partial charge on any atom is -0.493 e. The van der Waals surface area contributed by atoms with E-state index in [1.54, 1.807) is 25.2 Å². The zero-order valence-electron chi connectivity index (χ0n) is 23.5. The molecule has 41 heavy (non-hydrogen) atoms. The maximum Gasteiger partial charge on any atom is 0.289 e. The Morgan fingerprint density at radius 1 is 0.976 bits per heavy atom. The Bertz CT molecular complexity index is 1460. The highest BCUT2D eigenvalue weighted by molar-refractivity contribution is 7.98. The van der Waals surface area contributed by atoms with Crippen molar-refractivity contribution in [2.75, 3.05) is 59.0 Å². The first-order chi connectivity index (χ1) is 20.0. The normalized spacial score (nSPS) is 13.2. The van der Waals surface area contributed by atoms with Crippen LogP contribution in [-0.2, 0) is 16.9 Å². The Morgan fingerprint density at radius 3 is 2.51 bits per heavy atom. The number of likely N-dealkylation sites (N-methyl/N-ethyl adjacent to an activating group) is 1. The van der Waals surface area contributed by atoms with Crippen LogP contribution in [0, 0.1) is 0 Å². The highest BCUT2D eigenvalue weighted by atomic mass is 32.2. The van der Waals surface area contributed by atoms with E-state index >= 15 is 0 Å². The highest BCUT2D eigenvalue weighted by Gasteiger charge is 2.21. The second-order valence-electron chi connectivity index (χ2n) is 9.58. The molecular weight excluding hydrogens is 540 g/mol. The van der Waals surface area contributed by atoms with E-state index in [4.69, 9.17) is 28.6 Å². The van der Waals surface area contributed by atoms with Crippen LogP contribution in [0.25, 0.3) is 11.3 Å². The topological polar surface area (TPSA) is 90.2 Å². The largest absolute Gasteiger partial charge is 0.493 e. The van der Waals surface area contributed by atoms with Crippen molar-refractivity contribution in [3.8, 4) is 22.8 Å². The van der Waals surface area contributed by atoms with Crippen molar-refractivity contribution in [3.05, 3.63) is 83.8 Å². The molecule has 1 aliphatic heterocycles. The molecule has 2 aromatic carbocycles. The van der Waals surface area contributed by atoms with Gasteiger partial charge in [0.25, 0.3) is 5.91 Å². The number of methoxy groups -OCH3 is 2. The highest BCUT2D eigenvalue weighted by Crippen LogP contribution is 2.30. The fourth-order valence-electron chi connectivity index (χ4n) is 4.51. The molecule has 1 fully saturated rings. The van der Waals surface area contributed by atoms with Crippen LogP contribution in [0.15, 0.2) is 76.3 Å². The van der Waals surface area contributed by atoms with Crippen LogP contribution in [0.2, 0.25) is 0 Å². The first-order valence-corrected chi connectivity index (χ1v) is 14.5. The van der Waals surface area contributed by atoms with Gasteiger partial charge in [-0.3, -0.25) is 4.79 Å². The van der Waals surface area contributed by atoms with Gasteiger partial charge in [0.15, 0.2) is 22.4 Å². The summed E-state index contributed by atoms with van der Waals surface area (Å²) in [5, 5.41) is 0.636. The Kier molecular flexibility index (Phi) is 9.43. The fraction of sp³-hybridized carbons (Fsp3) is 0.323. The second-order valence-corrected chi connectivity index (χ2v) is 10.5. The molecule has 5 rings (SSSR count). The molecule has 1 saturated heterocycles. The van der Waals surface area contributed by atoms with E-state index in [9.17, 15) is 4.79 Å². The quantitative estimate of drug-likeness (QED) is 0.177. The number of hydrogen-bond donors (Lipinski definition) is 0. The van der Waals surface area contributed by atoms with E-state index in [-0.39, 0.29) is 5.91 Å². The van der Waals surface area contributed by atoms with Gasteiger partial charge in [0, 0.05) is 38.3 Å². The van der Waals surface area contributed by atoms with Crippen LogP contribution in [0.4, 0.5) is 5.82 Å². The summed E-state index contributed by atoms with van der Waals surface area (Å²) in [6, 6.07) is 21.7. The van der Waals surface area contributed by atoms with Crippen molar-refractivity contribution in [1.82, 2.24) is 14.9 Å². The SMILES string of the molecule is COc1ccc(CCN(C)c2cc(-c3ccccc3)nc(SCc3ccc(C(=O)N4CCOCC4)o3)n2)cc1OC. The van der Waals surface area contributed by atoms with E-state index < -0.39 is 0 Å². The van der Waals surface area contributed by atoms with Crippen LogP contribution in [0.1, 0.15) is 21.9 Å². The van der Waals surface area contributed by atoms with E-state index in [0.29, 0.717) is 60.2 Å². The van der Waals surface area contributed by atoms with E-state index in [1.807, 2.05) is 67.7 Å². The molecule has 4 aromatic rings. The number of hydrogen-bond acceptors (Lipinski definition) is 9. The summed E-state index contributed by atoms with van der Waals surface area (Å²) in [4.78, 5) is 26.4. The summed E-state index contributed by atoms with van der Waals surface area (Å²) in [5.41, 5.74) is 3.00. The van der Waals surface area contributed by atoms with E-state index in [0.717, 1.165) is 35.6 Å². The lowest BCUT2D eigenvalue weighted by molar-refractivity contribution is 0.0282. The van der Waals surface area contributed by atoms with Crippen molar-refractivity contribution < 1.29 is 23.4 Å². The van der Waals surface area contributed by atoms with Gasteiger partial charge in [-0.1, -0.05) is 48.2 Å². The van der Waals surface area contributed by atoms with Crippen molar-refractivity contribution in [2.45, 2.75) is 17.3 Å². The number of rotatable bonds is 11. The van der Waals surface area contributed by atoms with Gasteiger partial charge in [0.2, 0.25) is 0 Å². The molecule has 2 aromatic heterocycles. The van der Waals surface area contributed by atoms with Crippen molar-refractivity contribution in [1.29, 1.82) is 0 Å². The number of carbonyl (C=O) groups excluding carboxylic acids is 1. The number of morpholine rings is 1. The first-order valence-electron chi connectivity index (χ1n) is 13.5. The predicted octanol–water partition coefficient (Wildman–Crippen LogP) is 5.20. The minimum absolute atomic E-state index is 0.106.